The van der Waals surface area contributed by atoms with Gasteiger partial charge in [-0.05, 0) is 61.7 Å². The van der Waals surface area contributed by atoms with Crippen LogP contribution in [0, 0.1) is 6.92 Å². The second kappa shape index (κ2) is 22.6. The fourth-order valence-electron chi connectivity index (χ4n) is 7.76. The number of phosphoric acid groups is 2. The number of amides is 1. The van der Waals surface area contributed by atoms with Crippen molar-refractivity contribution in [1.29, 1.82) is 0 Å². The van der Waals surface area contributed by atoms with Crippen LogP contribution in [-0.2, 0) is 60.9 Å². The molecular formula is C38H47N5O26P4S2. The molecule has 1 aromatic heterocycles. The highest BCUT2D eigenvalue weighted by molar-refractivity contribution is 7.89. The lowest BCUT2D eigenvalue weighted by molar-refractivity contribution is -0.389. The third-order valence-electron chi connectivity index (χ3n) is 11.0. The molecule has 6 rings (SSSR count). The predicted molar refractivity (Wildman–Crippen MR) is 253 cm³/mol. The number of hydrogen-bond donors (Lipinski definition) is 11. The summed E-state index contributed by atoms with van der Waals surface area (Å²) in [5, 5.41) is 23.2. The molecule has 37 heteroatoms. The third kappa shape index (κ3) is 14.6. The van der Waals surface area contributed by atoms with Crippen LogP contribution < -0.4 is 32.8 Å². The number of nitrogen functional groups attached to an aromatic ring is 1. The van der Waals surface area contributed by atoms with E-state index in [9.17, 15) is 93.2 Å². The van der Waals surface area contributed by atoms with Gasteiger partial charge in [0.25, 0.3) is 21.6 Å². The van der Waals surface area contributed by atoms with Crippen LogP contribution in [0.5, 0.6) is 5.75 Å². The highest BCUT2D eigenvalue weighted by Gasteiger charge is 2.46. The Bertz CT molecular complexity index is 3470. The number of phosphoric ester groups is 1. The molecule has 0 bridgehead atoms. The predicted octanol–water partition coefficient (Wildman–Crippen LogP) is 0.738. The van der Waals surface area contributed by atoms with Crippen LogP contribution in [0.15, 0.2) is 79.4 Å². The lowest BCUT2D eigenvalue weighted by atomic mass is 9.84. The number of unbranched alkanes of at least 4 members (excludes halogenated alkanes) is 3. The quantitative estimate of drug-likeness (QED) is 0.0270. The summed E-state index contributed by atoms with van der Waals surface area (Å²) in [5.41, 5.74) is 5.92. The van der Waals surface area contributed by atoms with Crippen molar-refractivity contribution < 1.29 is 116 Å². The summed E-state index contributed by atoms with van der Waals surface area (Å²) < 4.78 is 152. The highest BCUT2D eigenvalue weighted by atomic mass is 32.2. The van der Waals surface area contributed by atoms with E-state index < -0.39 is 150 Å². The molecule has 2 aromatic carbocycles. The van der Waals surface area contributed by atoms with Crippen molar-refractivity contribution in [3.05, 3.63) is 114 Å². The lowest BCUT2D eigenvalue weighted by Gasteiger charge is -2.31. The van der Waals surface area contributed by atoms with Crippen LogP contribution in [0.2, 0.25) is 0 Å². The second-order valence-corrected chi connectivity index (χ2v) is 26.7. The number of aromatic amines is 1. The van der Waals surface area contributed by atoms with Crippen molar-refractivity contribution in [2.24, 2.45) is 0 Å². The van der Waals surface area contributed by atoms with Crippen LogP contribution in [0.1, 0.15) is 75.7 Å². The molecule has 1 fully saturated rings. The number of anilines is 1. The summed E-state index contributed by atoms with van der Waals surface area (Å²) in [4.78, 5) is 90.0. The second-order valence-electron chi connectivity index (χ2n) is 16.6. The first-order valence-corrected chi connectivity index (χ1v) is 30.8. The van der Waals surface area contributed by atoms with E-state index in [2.05, 4.69) is 24.2 Å². The number of benzene rings is 2. The molecule has 31 nitrogen and oxygen atoms in total. The largest absolute Gasteiger partial charge is 0.744 e. The molecule has 0 radical (unpaired) electrons. The Kier molecular flexibility index (Phi) is 17.9. The number of aliphatic hydroxyl groups excluding tert-OH is 1. The Morgan fingerprint density at radius 2 is 1.63 bits per heavy atom. The average Bonchev–Trinajstić information content (AvgIpc) is 3.63. The number of aromatic carboxylic acids is 1. The highest BCUT2D eigenvalue weighted by Crippen LogP contribution is 2.70. The molecule has 0 spiro atoms. The molecule has 6 unspecified atom stereocenters. The summed E-state index contributed by atoms with van der Waals surface area (Å²) in [5.74, 6) is -5.61. The fraction of sp³-hybridized carbons (Fsp3) is 0.368. The summed E-state index contributed by atoms with van der Waals surface area (Å²) in [6.45, 7) is -0.149. The SMILES string of the molecule is Cc1cn([C@H]2CC(O)[C@@H](COP(=O)(O)OP(=O)(O)OP(=O)(O)CP(=O)(O)OCCCCCCNC(=O)c3ccc(C4=C5C=CC([NH3+])C(S(=O)(=O)[O-])=C5Oc5c4ccc(N)c5S(=O)(=O)O)c(C(=O)O)c3)O2)c(=O)[nH]c1=O. The van der Waals surface area contributed by atoms with Gasteiger partial charge in [0.15, 0.2) is 22.3 Å². The first kappa shape index (κ1) is 59.4. The summed E-state index contributed by atoms with van der Waals surface area (Å²) in [6, 6.07) is 4.24. The van der Waals surface area contributed by atoms with Crippen LogP contribution in [0.4, 0.5) is 5.69 Å². The molecule has 3 heterocycles. The zero-order chi connectivity index (χ0) is 55.8. The molecule has 1 saturated heterocycles. The van der Waals surface area contributed by atoms with Crippen LogP contribution in [0.3, 0.4) is 0 Å². The number of fused-ring (bicyclic) bond motifs is 2. The van der Waals surface area contributed by atoms with Gasteiger partial charge in [0.05, 0.1) is 30.6 Å². The number of allylic oxidation sites excluding steroid dienone is 1. The normalized spacial score (nSPS) is 22.0. The molecule has 3 aliphatic rings. The molecule has 14 N–H and O–H groups in total. The van der Waals surface area contributed by atoms with E-state index in [0.29, 0.717) is 6.42 Å². The monoisotopic (exact) mass is 1180 g/mol. The number of carbonyl (C=O) groups is 2. The number of rotatable bonds is 23. The van der Waals surface area contributed by atoms with Crippen molar-refractivity contribution >= 4 is 74.2 Å². The van der Waals surface area contributed by atoms with E-state index in [1.165, 1.54) is 31.2 Å². The zero-order valence-corrected chi connectivity index (χ0v) is 43.7. The van der Waals surface area contributed by atoms with Gasteiger partial charge in [0.2, 0.25) is 0 Å². The standard InChI is InChI=1S/C38H47N5O26P4S2/c1-19-16-43(38(49)42-35(19)45)29-15-27(44)28(66-29)17-65-72(54,55)69-73(56,57)68-71(52,53)18-70(50,51)64-13-5-3-2-4-12-41-36(46)20-6-7-21(24(14-20)37(47)48)30-22-8-10-25(39)33(74(58,59)60)31(22)67-32-23(30)9-11-26(40)34(32)75(61,62)63/h6-11,14,16,25,27-29,44H,2-5,12-13,15,17-18,39-40H2,1H3,(H,41,46)(H,47,48)(H,50,51)(H,52,53)(H,54,55)(H,56,57)(H,42,45,49)(H,58,59,60)(H,61,62,63)/t25?,27?,28-,29-/m1/s1. The topological polar surface area (TPSA) is 511 Å². The van der Waals surface area contributed by atoms with E-state index in [0.717, 1.165) is 29.0 Å². The Morgan fingerprint density at radius 3 is 2.28 bits per heavy atom. The number of aromatic nitrogens is 2. The van der Waals surface area contributed by atoms with E-state index in [1.807, 2.05) is 4.98 Å². The van der Waals surface area contributed by atoms with Gasteiger partial charge in [0, 0.05) is 47.0 Å². The van der Waals surface area contributed by atoms with Crippen molar-refractivity contribution in [1.82, 2.24) is 14.9 Å². The van der Waals surface area contributed by atoms with E-state index in [4.69, 9.17) is 19.7 Å². The zero-order valence-electron chi connectivity index (χ0n) is 38.5. The van der Waals surface area contributed by atoms with Gasteiger partial charge >= 0.3 is 42.5 Å². The minimum Gasteiger partial charge on any atom is -0.744 e. The van der Waals surface area contributed by atoms with Gasteiger partial charge in [-0.2, -0.15) is 12.7 Å². The molecule has 1 aliphatic carbocycles. The number of aliphatic hydroxyl groups is 1. The molecule has 8 atom stereocenters. The van der Waals surface area contributed by atoms with Crippen LogP contribution in [-0.4, -0.2) is 121 Å². The van der Waals surface area contributed by atoms with Gasteiger partial charge in [-0.3, -0.25) is 37.3 Å². The van der Waals surface area contributed by atoms with E-state index >= 15 is 0 Å². The van der Waals surface area contributed by atoms with Gasteiger partial charge in [0.1, 0.15) is 33.4 Å². The van der Waals surface area contributed by atoms with Crippen molar-refractivity contribution in [2.75, 3.05) is 31.4 Å². The number of quaternary nitrogens is 1. The van der Waals surface area contributed by atoms with E-state index in [1.54, 1.807) is 0 Å². The maximum absolute atomic E-state index is 13.2. The van der Waals surface area contributed by atoms with Crippen molar-refractivity contribution in [2.45, 2.75) is 68.4 Å². The third-order valence-corrected chi connectivity index (χ3v) is 20.4. The smallest absolute Gasteiger partial charge is 0.488 e. The molecule has 3 aromatic rings. The summed E-state index contributed by atoms with van der Waals surface area (Å²) in [7, 11) is -33.0. The Balaban J connectivity index is 0.990. The minimum atomic E-state index is -6.04. The first-order valence-electron chi connectivity index (χ1n) is 21.5. The van der Waals surface area contributed by atoms with Gasteiger partial charge < -0.3 is 65.1 Å². The molecule has 2 aliphatic heterocycles. The fourth-order valence-corrected chi connectivity index (χ4v) is 15.8. The Labute approximate surface area is 423 Å². The average molecular weight is 1180 g/mol. The molecule has 1 amide bonds. The number of ether oxygens (including phenoxy) is 2. The maximum Gasteiger partial charge on any atom is 0.488 e. The molecular weight excluding hydrogens is 1130 g/mol. The number of nitrogens with one attached hydrogen (secondary N) is 2. The maximum atomic E-state index is 13.2. The van der Waals surface area contributed by atoms with E-state index in [-0.39, 0.29) is 65.6 Å². The summed E-state index contributed by atoms with van der Waals surface area (Å²) in [6.07, 6.45) is 0.173. The Morgan fingerprint density at radius 1 is 0.960 bits per heavy atom. The Hall–Kier alpha value is -4.82. The summed E-state index contributed by atoms with van der Waals surface area (Å²) >= 11 is 0. The number of nitrogens with two attached hydrogens (primary N) is 1. The van der Waals surface area contributed by atoms with Crippen molar-refractivity contribution in [3.8, 4) is 5.75 Å². The number of carbonyl (C=O) groups excluding carboxylic acids is 1. The first-order chi connectivity index (χ1) is 34.6. The number of H-pyrrole nitrogens is 1. The number of nitrogens with zero attached hydrogens (tertiary/aromatic N) is 1. The lowest BCUT2D eigenvalue weighted by Crippen LogP contribution is -2.62. The number of hydrogen-bond acceptors (Lipinski definition) is 21. The van der Waals surface area contributed by atoms with Gasteiger partial charge in [-0.1, -0.05) is 18.9 Å². The number of carboxylic acids is 1. The van der Waals surface area contributed by atoms with Crippen LogP contribution in [0.25, 0.3) is 5.57 Å². The van der Waals surface area contributed by atoms with Gasteiger partial charge in [-0.15, -0.1) is 0 Å². The molecule has 412 valence electrons. The minimum absolute atomic E-state index is 0.00283. The van der Waals surface area contributed by atoms with Gasteiger partial charge in [-0.25, -0.2) is 31.4 Å². The molecule has 0 saturated carbocycles. The number of carboxylic acid groups (broad SMARTS) is 1. The van der Waals surface area contributed by atoms with Crippen molar-refractivity contribution in [3.63, 3.8) is 0 Å². The van der Waals surface area contributed by atoms with Crippen LogP contribution >= 0.6 is 30.8 Å². The molecule has 75 heavy (non-hydrogen) atoms. The number of aryl methyl sites for hydroxylation is 1.